The summed E-state index contributed by atoms with van der Waals surface area (Å²) >= 11 is 6.17. The van der Waals surface area contributed by atoms with Crippen LogP contribution in [-0.4, -0.2) is 85.4 Å². The maximum Gasteiger partial charge on any atom is 0.147 e. The highest BCUT2D eigenvalue weighted by atomic mass is 35.5. The van der Waals surface area contributed by atoms with Crippen molar-refractivity contribution in [1.29, 1.82) is 0 Å². The van der Waals surface area contributed by atoms with Crippen LogP contribution < -0.4 is 0 Å². The fraction of sp³-hybridized carbons (Fsp3) is 0.615. The maximum absolute atomic E-state index is 11.2. The zero-order valence-corrected chi connectivity index (χ0v) is 20.1. The summed E-state index contributed by atoms with van der Waals surface area (Å²) in [5.41, 5.74) is 2.53. The Morgan fingerprint density at radius 3 is 2.76 bits per heavy atom. The molecule has 1 N–H and O–H groups in total. The fourth-order valence-corrected chi connectivity index (χ4v) is 5.98. The molecule has 4 aliphatic rings. The molecule has 3 fully saturated rings. The second-order valence-corrected chi connectivity index (χ2v) is 10.2. The van der Waals surface area contributed by atoms with Crippen molar-refractivity contribution in [2.45, 2.75) is 62.0 Å². The van der Waals surface area contributed by atoms with Gasteiger partial charge in [-0.2, -0.15) is 0 Å². The molecule has 6 nitrogen and oxygen atoms in total. The van der Waals surface area contributed by atoms with Crippen LogP contribution in [0.15, 0.2) is 48.2 Å². The van der Waals surface area contributed by atoms with Gasteiger partial charge < -0.3 is 24.2 Å². The number of aliphatic hydroxyl groups is 1. The summed E-state index contributed by atoms with van der Waals surface area (Å²) in [4.78, 5) is 4.74. The summed E-state index contributed by atoms with van der Waals surface area (Å²) in [5.74, 6) is 0.176. The molecule has 5 rings (SSSR count). The highest BCUT2D eigenvalue weighted by Gasteiger charge is 2.43. The second-order valence-electron chi connectivity index (χ2n) is 9.74. The number of ether oxygens (including phenoxy) is 3. The van der Waals surface area contributed by atoms with E-state index in [-0.39, 0.29) is 24.2 Å². The van der Waals surface area contributed by atoms with Gasteiger partial charge in [0.1, 0.15) is 12.9 Å². The first kappa shape index (κ1) is 23.3. The molecule has 0 spiro atoms. The molecular formula is C26H35ClN2O4. The predicted molar refractivity (Wildman–Crippen MR) is 128 cm³/mol. The van der Waals surface area contributed by atoms with Gasteiger partial charge in [-0.25, -0.2) is 0 Å². The van der Waals surface area contributed by atoms with Crippen molar-refractivity contribution in [1.82, 2.24) is 9.80 Å². The molecule has 0 radical (unpaired) electrons. The Morgan fingerprint density at radius 1 is 1.18 bits per heavy atom. The minimum absolute atomic E-state index is 0.0601. The van der Waals surface area contributed by atoms with E-state index < -0.39 is 6.10 Å². The van der Waals surface area contributed by atoms with Crippen LogP contribution in [-0.2, 0) is 14.2 Å². The van der Waals surface area contributed by atoms with E-state index in [2.05, 4.69) is 47.3 Å². The van der Waals surface area contributed by atoms with Gasteiger partial charge in [-0.1, -0.05) is 35.9 Å². The fourth-order valence-electron chi connectivity index (χ4n) is 5.85. The molecule has 0 aromatic heterocycles. The van der Waals surface area contributed by atoms with Crippen molar-refractivity contribution in [3.8, 4) is 0 Å². The SMILES string of the molecule is CN1CCCC1C1=CN([C@H]2C(OCC3COCO3)C(c3ccc(Cl)cc3)CC[C@H]2O)CC=C1. The predicted octanol–water partition coefficient (Wildman–Crippen LogP) is 3.55. The Kier molecular flexibility index (Phi) is 7.40. The monoisotopic (exact) mass is 474 g/mol. The van der Waals surface area contributed by atoms with Crippen LogP contribution in [0.25, 0.3) is 0 Å². The Balaban J connectivity index is 1.42. The third-order valence-electron chi connectivity index (χ3n) is 7.59. The van der Waals surface area contributed by atoms with Gasteiger partial charge in [0.05, 0.1) is 31.5 Å². The van der Waals surface area contributed by atoms with Crippen LogP contribution in [0.3, 0.4) is 0 Å². The lowest BCUT2D eigenvalue weighted by Crippen LogP contribution is -2.56. The molecule has 3 aliphatic heterocycles. The Morgan fingerprint density at radius 2 is 2.03 bits per heavy atom. The minimum atomic E-state index is -0.454. The first-order valence-corrected chi connectivity index (χ1v) is 12.6. The van der Waals surface area contributed by atoms with Gasteiger partial charge in [0, 0.05) is 29.7 Å². The molecule has 0 bridgehead atoms. The third kappa shape index (κ3) is 5.16. The summed E-state index contributed by atoms with van der Waals surface area (Å²) in [5, 5.41) is 12.0. The summed E-state index contributed by atoms with van der Waals surface area (Å²) in [7, 11) is 2.20. The molecule has 1 aromatic rings. The van der Waals surface area contributed by atoms with Gasteiger partial charge >= 0.3 is 0 Å². The normalized spacial score (nSPS) is 35.2. The quantitative estimate of drug-likeness (QED) is 0.680. The van der Waals surface area contributed by atoms with E-state index in [0.717, 1.165) is 31.0 Å². The molecule has 1 aliphatic carbocycles. The van der Waals surface area contributed by atoms with Crippen LogP contribution in [0, 0.1) is 0 Å². The van der Waals surface area contributed by atoms with Gasteiger partial charge in [-0.15, -0.1) is 0 Å². The molecule has 4 unspecified atom stereocenters. The van der Waals surface area contributed by atoms with Crippen LogP contribution >= 0.6 is 11.6 Å². The number of nitrogens with zero attached hydrogens (tertiary/aromatic N) is 2. The van der Waals surface area contributed by atoms with Crippen LogP contribution in [0.4, 0.5) is 0 Å². The van der Waals surface area contributed by atoms with E-state index in [0.29, 0.717) is 26.0 Å². The van der Waals surface area contributed by atoms with Crippen molar-refractivity contribution in [3.63, 3.8) is 0 Å². The summed E-state index contributed by atoms with van der Waals surface area (Å²) < 4.78 is 17.6. The highest BCUT2D eigenvalue weighted by Crippen LogP contribution is 2.39. The van der Waals surface area contributed by atoms with Crippen LogP contribution in [0.2, 0.25) is 5.02 Å². The molecule has 180 valence electrons. The van der Waals surface area contributed by atoms with E-state index in [1.165, 1.54) is 24.0 Å². The van der Waals surface area contributed by atoms with Gasteiger partial charge in [0.2, 0.25) is 0 Å². The van der Waals surface area contributed by atoms with E-state index >= 15 is 0 Å². The van der Waals surface area contributed by atoms with E-state index in [1.54, 1.807) is 0 Å². The Labute approximate surface area is 201 Å². The van der Waals surface area contributed by atoms with Gasteiger partial charge in [-0.05, 0) is 62.5 Å². The van der Waals surface area contributed by atoms with Crippen molar-refractivity contribution in [2.75, 3.05) is 40.1 Å². The molecule has 6 atom stereocenters. The molecule has 33 heavy (non-hydrogen) atoms. The largest absolute Gasteiger partial charge is 0.391 e. The number of likely N-dealkylation sites (tertiary alicyclic amines) is 1. The topological polar surface area (TPSA) is 54.4 Å². The zero-order valence-electron chi connectivity index (χ0n) is 19.3. The molecule has 1 aromatic carbocycles. The summed E-state index contributed by atoms with van der Waals surface area (Å²) in [6, 6.07) is 8.39. The van der Waals surface area contributed by atoms with Crippen molar-refractivity contribution < 1.29 is 19.3 Å². The molecule has 7 heteroatoms. The minimum Gasteiger partial charge on any atom is -0.391 e. The average molecular weight is 475 g/mol. The number of likely N-dealkylation sites (N-methyl/N-ethyl adjacent to an activating group) is 1. The molecule has 2 saturated heterocycles. The van der Waals surface area contributed by atoms with Crippen molar-refractivity contribution in [2.24, 2.45) is 0 Å². The number of halogens is 1. The number of hydrogen-bond donors (Lipinski definition) is 1. The summed E-state index contributed by atoms with van der Waals surface area (Å²) in [6.45, 7) is 3.25. The van der Waals surface area contributed by atoms with Gasteiger partial charge in [0.25, 0.3) is 0 Å². The number of rotatable bonds is 6. The van der Waals surface area contributed by atoms with E-state index in [4.69, 9.17) is 25.8 Å². The second kappa shape index (κ2) is 10.5. The van der Waals surface area contributed by atoms with Crippen molar-refractivity contribution >= 4 is 11.6 Å². The lowest BCUT2D eigenvalue weighted by molar-refractivity contribution is -0.104. The highest BCUT2D eigenvalue weighted by molar-refractivity contribution is 6.30. The van der Waals surface area contributed by atoms with Crippen molar-refractivity contribution in [3.05, 3.63) is 58.8 Å². The van der Waals surface area contributed by atoms with Gasteiger partial charge in [-0.3, -0.25) is 4.90 Å². The first-order valence-electron chi connectivity index (χ1n) is 12.2. The number of benzene rings is 1. The average Bonchev–Trinajstić information content (AvgIpc) is 3.50. The van der Waals surface area contributed by atoms with Gasteiger partial charge in [0.15, 0.2) is 0 Å². The van der Waals surface area contributed by atoms with E-state index in [1.807, 2.05) is 12.1 Å². The van der Waals surface area contributed by atoms with E-state index in [9.17, 15) is 5.11 Å². The smallest absolute Gasteiger partial charge is 0.147 e. The summed E-state index contributed by atoms with van der Waals surface area (Å²) in [6.07, 6.45) is 10.1. The molecule has 0 amide bonds. The number of hydrogen-bond acceptors (Lipinski definition) is 6. The van der Waals surface area contributed by atoms with Crippen LogP contribution in [0.1, 0.15) is 37.2 Å². The molecule has 3 heterocycles. The number of aliphatic hydroxyl groups excluding tert-OH is 1. The maximum atomic E-state index is 11.2. The molecular weight excluding hydrogens is 440 g/mol. The molecule has 1 saturated carbocycles. The lowest BCUT2D eigenvalue weighted by Gasteiger charge is -2.47. The Hall–Kier alpha value is -1.41. The zero-order chi connectivity index (χ0) is 22.8. The standard InChI is InChI=1S/C26H35ClN2O4/c1-28-12-3-5-23(28)19-4-2-13-29(14-19)25-24(30)11-10-22(18-6-8-20(27)9-7-18)26(25)32-16-21-15-31-17-33-21/h2,4,6-9,14,21-26,30H,3,5,10-13,15-17H2,1H3/t21?,22?,23?,24-,25-,26?/m1/s1. The first-order chi connectivity index (χ1) is 16.1. The third-order valence-corrected chi connectivity index (χ3v) is 7.85. The Bertz CT molecular complexity index is 854. The lowest BCUT2D eigenvalue weighted by atomic mass is 9.76. The van der Waals surface area contributed by atoms with Crippen LogP contribution in [0.5, 0.6) is 0 Å².